The van der Waals surface area contributed by atoms with Gasteiger partial charge in [0.15, 0.2) is 0 Å². The van der Waals surface area contributed by atoms with Crippen molar-refractivity contribution in [2.24, 2.45) is 0 Å². The number of carbonyl (C=O) groups excluding carboxylic acids is 2. The van der Waals surface area contributed by atoms with Crippen LogP contribution >= 0.6 is 11.6 Å². The Hall–Kier alpha value is -3.77. The molecule has 1 saturated heterocycles. The Morgan fingerprint density at radius 2 is 1.67 bits per heavy atom. The van der Waals surface area contributed by atoms with Crippen molar-refractivity contribution in [3.63, 3.8) is 0 Å². The van der Waals surface area contributed by atoms with Crippen molar-refractivity contribution in [1.29, 1.82) is 0 Å². The quantitative estimate of drug-likeness (QED) is 0.358. The van der Waals surface area contributed by atoms with Crippen molar-refractivity contribution >= 4 is 39.2 Å². The second-order valence-corrected chi connectivity index (χ2v) is 11.1. The molecule has 0 saturated carbocycles. The highest BCUT2D eigenvalue weighted by Gasteiger charge is 2.42. The number of amides is 3. The molecule has 3 amide bonds. The third-order valence-electron chi connectivity index (χ3n) is 5.90. The van der Waals surface area contributed by atoms with E-state index in [4.69, 9.17) is 16.3 Å². The monoisotopic (exact) mass is 581 g/mol. The number of hydrogen-bond acceptors (Lipinski definition) is 5. The number of ether oxygens (including phenoxy) is 1. The van der Waals surface area contributed by atoms with Crippen LogP contribution in [0.25, 0.3) is 0 Å². The highest BCUT2D eigenvalue weighted by atomic mass is 35.5. The number of halogens is 4. The lowest BCUT2D eigenvalue weighted by atomic mass is 9.95. The second kappa shape index (κ2) is 11.1. The van der Waals surface area contributed by atoms with Gasteiger partial charge in [0.05, 0.1) is 23.4 Å². The van der Waals surface area contributed by atoms with Crippen LogP contribution in [-0.4, -0.2) is 32.2 Å². The van der Waals surface area contributed by atoms with Crippen molar-refractivity contribution in [2.75, 3.05) is 10.7 Å². The van der Waals surface area contributed by atoms with Gasteiger partial charge < -0.3 is 10.1 Å². The predicted octanol–water partition coefficient (Wildman–Crippen LogP) is 5.65. The van der Waals surface area contributed by atoms with E-state index in [1.54, 1.807) is 48.5 Å². The SMILES string of the molecule is CC(=O)NS(=O)(=O)CCC1NC(=O)N(c2ccc(Oc3ccc(Cl)cc3)cc2)C1c1cccc(C(F)(F)F)c1. The van der Waals surface area contributed by atoms with E-state index < -0.39 is 51.5 Å². The smallest absolute Gasteiger partial charge is 0.416 e. The maximum atomic E-state index is 13.5. The minimum atomic E-state index is -4.62. The number of urea groups is 1. The molecule has 2 atom stereocenters. The molecule has 0 spiro atoms. The zero-order valence-electron chi connectivity index (χ0n) is 20.4. The summed E-state index contributed by atoms with van der Waals surface area (Å²) in [5.41, 5.74) is -0.396. The summed E-state index contributed by atoms with van der Waals surface area (Å²) in [6, 6.07) is 15.0. The summed E-state index contributed by atoms with van der Waals surface area (Å²) in [5.74, 6) is -0.348. The molecule has 2 unspecified atom stereocenters. The van der Waals surface area contributed by atoms with Crippen LogP contribution in [0.5, 0.6) is 11.5 Å². The van der Waals surface area contributed by atoms with Gasteiger partial charge in [0.2, 0.25) is 15.9 Å². The summed E-state index contributed by atoms with van der Waals surface area (Å²) in [5, 5.41) is 3.22. The van der Waals surface area contributed by atoms with Gasteiger partial charge in [-0.1, -0.05) is 23.7 Å². The van der Waals surface area contributed by atoms with Crippen LogP contribution in [0.15, 0.2) is 72.8 Å². The Labute approximate surface area is 227 Å². The molecule has 39 heavy (non-hydrogen) atoms. The summed E-state index contributed by atoms with van der Waals surface area (Å²) in [6.07, 6.45) is -4.79. The standard InChI is InChI=1S/C26H23ClF3N3O5S/c1-16(34)32-39(36,37)14-13-23-24(17-3-2-4-18(15-17)26(28,29)30)33(25(35)31-23)20-7-11-22(12-8-20)38-21-9-5-19(27)6-10-21/h2-12,15,23-24H,13-14H2,1H3,(H,31,35)(H,32,34). The predicted molar refractivity (Wildman–Crippen MR) is 139 cm³/mol. The minimum Gasteiger partial charge on any atom is -0.457 e. The lowest BCUT2D eigenvalue weighted by molar-refractivity contribution is -0.137. The number of benzene rings is 3. The molecule has 8 nitrogen and oxygen atoms in total. The van der Waals surface area contributed by atoms with Gasteiger partial charge in [-0.25, -0.2) is 13.2 Å². The molecule has 3 aromatic rings. The van der Waals surface area contributed by atoms with Gasteiger partial charge in [-0.15, -0.1) is 0 Å². The molecule has 2 N–H and O–H groups in total. The first-order chi connectivity index (χ1) is 18.3. The first kappa shape index (κ1) is 28.2. The van der Waals surface area contributed by atoms with E-state index in [0.29, 0.717) is 22.2 Å². The van der Waals surface area contributed by atoms with Crippen LogP contribution in [0.1, 0.15) is 30.5 Å². The van der Waals surface area contributed by atoms with Crippen molar-refractivity contribution in [3.05, 3.63) is 88.9 Å². The number of nitrogens with zero attached hydrogens (tertiary/aromatic N) is 1. The highest BCUT2D eigenvalue weighted by Crippen LogP contribution is 2.39. The van der Waals surface area contributed by atoms with Gasteiger partial charge in [0, 0.05) is 17.6 Å². The lowest BCUT2D eigenvalue weighted by Crippen LogP contribution is -2.35. The molecule has 0 aliphatic carbocycles. The molecule has 0 aromatic heterocycles. The van der Waals surface area contributed by atoms with Gasteiger partial charge in [0.25, 0.3) is 0 Å². The molecule has 1 fully saturated rings. The first-order valence-electron chi connectivity index (χ1n) is 11.6. The lowest BCUT2D eigenvalue weighted by Gasteiger charge is -2.28. The third-order valence-corrected chi connectivity index (χ3v) is 7.53. The molecular formula is C26H23ClF3N3O5S. The Morgan fingerprint density at radius 3 is 2.26 bits per heavy atom. The van der Waals surface area contributed by atoms with Crippen LogP contribution < -0.4 is 19.7 Å². The molecule has 1 aliphatic heterocycles. The highest BCUT2D eigenvalue weighted by molar-refractivity contribution is 7.90. The van der Waals surface area contributed by atoms with Crippen LogP contribution in [0.3, 0.4) is 0 Å². The van der Waals surface area contributed by atoms with Gasteiger partial charge in [-0.3, -0.25) is 14.4 Å². The van der Waals surface area contributed by atoms with E-state index in [1.807, 2.05) is 4.72 Å². The Kier molecular flexibility index (Phi) is 8.07. The summed E-state index contributed by atoms with van der Waals surface area (Å²) < 4.78 is 72.5. The fourth-order valence-corrected chi connectivity index (χ4v) is 5.50. The fourth-order valence-electron chi connectivity index (χ4n) is 4.27. The number of nitrogens with one attached hydrogen (secondary N) is 2. The number of sulfonamides is 1. The first-order valence-corrected chi connectivity index (χ1v) is 13.7. The molecule has 0 bridgehead atoms. The van der Waals surface area contributed by atoms with E-state index in [0.717, 1.165) is 19.1 Å². The minimum absolute atomic E-state index is 0.159. The van der Waals surface area contributed by atoms with E-state index >= 15 is 0 Å². The number of anilines is 1. The zero-order valence-corrected chi connectivity index (χ0v) is 22.0. The van der Waals surface area contributed by atoms with Gasteiger partial charge in [-0.2, -0.15) is 13.2 Å². The maximum Gasteiger partial charge on any atom is 0.416 e. The zero-order chi connectivity index (χ0) is 28.4. The third kappa shape index (κ3) is 7.01. The Balaban J connectivity index is 1.65. The topological polar surface area (TPSA) is 105 Å². The normalized spacial score (nSPS) is 17.6. The Morgan fingerprint density at radius 1 is 1.05 bits per heavy atom. The fraction of sp³-hybridized carbons (Fsp3) is 0.231. The molecule has 206 valence electrons. The van der Waals surface area contributed by atoms with E-state index in [2.05, 4.69) is 5.32 Å². The molecular weight excluding hydrogens is 559 g/mol. The van der Waals surface area contributed by atoms with Crippen molar-refractivity contribution in [3.8, 4) is 11.5 Å². The van der Waals surface area contributed by atoms with Crippen LogP contribution in [0, 0.1) is 0 Å². The Bertz CT molecular complexity index is 1470. The van der Waals surface area contributed by atoms with Crippen LogP contribution in [-0.2, 0) is 21.0 Å². The van der Waals surface area contributed by atoms with E-state index in [-0.39, 0.29) is 12.0 Å². The van der Waals surface area contributed by atoms with E-state index in [9.17, 15) is 31.2 Å². The van der Waals surface area contributed by atoms with E-state index in [1.165, 1.54) is 17.0 Å². The average Bonchev–Trinajstić information content (AvgIpc) is 3.19. The summed E-state index contributed by atoms with van der Waals surface area (Å²) in [7, 11) is -4.02. The van der Waals surface area contributed by atoms with Crippen LogP contribution in [0.4, 0.5) is 23.7 Å². The molecule has 0 radical (unpaired) electrons. The summed E-state index contributed by atoms with van der Waals surface area (Å²) >= 11 is 5.89. The molecule has 1 aliphatic rings. The van der Waals surface area contributed by atoms with Gasteiger partial charge in [0.1, 0.15) is 11.5 Å². The molecule has 4 rings (SSSR count). The van der Waals surface area contributed by atoms with Gasteiger partial charge in [-0.05, 0) is 72.6 Å². The van der Waals surface area contributed by atoms with Gasteiger partial charge >= 0.3 is 12.2 Å². The number of alkyl halides is 3. The van der Waals surface area contributed by atoms with Crippen LogP contribution in [0.2, 0.25) is 5.02 Å². The summed E-state index contributed by atoms with van der Waals surface area (Å²) in [6.45, 7) is 1.04. The second-order valence-electron chi connectivity index (χ2n) is 8.81. The summed E-state index contributed by atoms with van der Waals surface area (Å²) in [4.78, 5) is 25.6. The maximum absolute atomic E-state index is 13.5. The number of rotatable bonds is 8. The van der Waals surface area contributed by atoms with Crippen molar-refractivity contribution < 1.29 is 35.9 Å². The number of carbonyl (C=O) groups is 2. The van der Waals surface area contributed by atoms with Crippen molar-refractivity contribution in [1.82, 2.24) is 10.0 Å². The largest absolute Gasteiger partial charge is 0.457 e. The molecule has 3 aromatic carbocycles. The number of hydrogen-bond donors (Lipinski definition) is 2. The molecule has 13 heteroatoms. The molecule has 1 heterocycles. The average molecular weight is 582 g/mol. The van der Waals surface area contributed by atoms with Crippen molar-refractivity contribution in [2.45, 2.75) is 31.6 Å².